The molecule has 1 aromatic heterocycles. The van der Waals surface area contributed by atoms with Crippen LogP contribution in [0.1, 0.15) is 19.0 Å². The second-order valence-corrected chi connectivity index (χ2v) is 7.16. The molecule has 3 heterocycles. The molecule has 1 spiro atoms. The fourth-order valence-electron chi connectivity index (χ4n) is 3.87. The zero-order valence-electron chi connectivity index (χ0n) is 14.6. The summed E-state index contributed by atoms with van der Waals surface area (Å²) in [5.74, 6) is 0. The molecule has 0 aliphatic carbocycles. The Hall–Kier alpha value is -2.05. The minimum atomic E-state index is -0.313. The number of carbonyl (C=O) groups is 1. The average Bonchev–Trinajstić information content (AvgIpc) is 3.20. The lowest BCUT2D eigenvalue weighted by atomic mass is 9.99. The first-order chi connectivity index (χ1) is 12.1. The molecule has 2 N–H and O–H groups in total. The number of nitrogens with zero attached hydrogens (tertiary/aromatic N) is 1. The van der Waals surface area contributed by atoms with Crippen molar-refractivity contribution in [3.8, 4) is 0 Å². The van der Waals surface area contributed by atoms with Crippen molar-refractivity contribution >= 4 is 16.9 Å². The van der Waals surface area contributed by atoms with Crippen molar-refractivity contribution in [2.45, 2.75) is 31.5 Å². The molecular weight excluding hydrogens is 318 g/mol. The predicted molar refractivity (Wildman–Crippen MR) is 95.7 cm³/mol. The highest BCUT2D eigenvalue weighted by Crippen LogP contribution is 2.29. The number of nitrogens with one attached hydrogen (secondary N) is 2. The summed E-state index contributed by atoms with van der Waals surface area (Å²) < 4.78 is 11.6. The molecule has 2 aliphatic heterocycles. The molecule has 2 saturated heterocycles. The Bertz CT molecular complexity index is 718. The minimum Gasteiger partial charge on any atom is -0.378 e. The Labute approximate surface area is 147 Å². The minimum absolute atomic E-state index is 0.0162. The standard InChI is InChI=1S/C19H25N3O3/c1-14-11-22(12-19(25-14)7-9-24-13-19)18(23)20-8-6-16-10-15-4-2-3-5-17(15)21-16/h2-5,10,14,21H,6-9,11-13H2,1H3,(H,20,23)/t14-,19-/m1/s1. The molecular formula is C19H25N3O3. The van der Waals surface area contributed by atoms with Crippen LogP contribution in [0, 0.1) is 0 Å². The fraction of sp³-hybridized carbons (Fsp3) is 0.526. The van der Waals surface area contributed by atoms with Crippen LogP contribution < -0.4 is 5.32 Å². The zero-order chi connectivity index (χ0) is 17.3. The Balaban J connectivity index is 1.32. The third-order valence-corrected chi connectivity index (χ3v) is 5.02. The third kappa shape index (κ3) is 3.50. The predicted octanol–water partition coefficient (Wildman–Crippen LogP) is 2.30. The molecule has 0 radical (unpaired) electrons. The molecule has 6 nitrogen and oxygen atoms in total. The van der Waals surface area contributed by atoms with E-state index < -0.39 is 0 Å². The van der Waals surface area contributed by atoms with Crippen LogP contribution in [0.15, 0.2) is 30.3 Å². The lowest BCUT2D eigenvalue weighted by Gasteiger charge is -2.42. The first-order valence-electron chi connectivity index (χ1n) is 8.99. The summed E-state index contributed by atoms with van der Waals surface area (Å²) in [4.78, 5) is 17.8. The van der Waals surface area contributed by atoms with E-state index in [1.165, 1.54) is 5.39 Å². The second-order valence-electron chi connectivity index (χ2n) is 7.16. The van der Waals surface area contributed by atoms with E-state index in [2.05, 4.69) is 28.5 Å². The van der Waals surface area contributed by atoms with Gasteiger partial charge in [-0.2, -0.15) is 0 Å². The summed E-state index contributed by atoms with van der Waals surface area (Å²) in [7, 11) is 0. The molecule has 25 heavy (non-hydrogen) atoms. The van der Waals surface area contributed by atoms with Gasteiger partial charge in [-0.25, -0.2) is 4.79 Å². The van der Waals surface area contributed by atoms with E-state index in [-0.39, 0.29) is 17.7 Å². The first-order valence-corrected chi connectivity index (χ1v) is 8.99. The number of aromatic nitrogens is 1. The summed E-state index contributed by atoms with van der Waals surface area (Å²) in [5.41, 5.74) is 1.96. The lowest BCUT2D eigenvalue weighted by molar-refractivity contribution is -0.137. The van der Waals surface area contributed by atoms with Crippen LogP contribution in [0.4, 0.5) is 4.79 Å². The molecule has 4 rings (SSSR count). The van der Waals surface area contributed by atoms with Crippen molar-refractivity contribution in [3.05, 3.63) is 36.0 Å². The number of benzene rings is 1. The van der Waals surface area contributed by atoms with Gasteiger partial charge in [0, 0.05) is 43.7 Å². The number of aromatic amines is 1. The maximum Gasteiger partial charge on any atom is 0.317 e. The Morgan fingerprint density at radius 2 is 2.32 bits per heavy atom. The van der Waals surface area contributed by atoms with E-state index in [0.717, 1.165) is 24.1 Å². The number of amides is 2. The maximum absolute atomic E-state index is 12.6. The Morgan fingerprint density at radius 3 is 3.12 bits per heavy atom. The van der Waals surface area contributed by atoms with Crippen molar-refractivity contribution in [2.24, 2.45) is 0 Å². The van der Waals surface area contributed by atoms with E-state index in [4.69, 9.17) is 9.47 Å². The molecule has 2 aliphatic rings. The lowest BCUT2D eigenvalue weighted by Crippen LogP contribution is -2.59. The van der Waals surface area contributed by atoms with Gasteiger partial charge < -0.3 is 24.7 Å². The summed E-state index contributed by atoms with van der Waals surface area (Å²) in [6, 6.07) is 10.3. The van der Waals surface area contributed by atoms with Gasteiger partial charge in [0.05, 0.1) is 19.3 Å². The SMILES string of the molecule is C[C@@H]1CN(C(=O)NCCc2cc3ccccc3[nH]2)C[C@@]2(CCOC2)O1. The van der Waals surface area contributed by atoms with Gasteiger partial charge in [0.1, 0.15) is 5.60 Å². The summed E-state index contributed by atoms with van der Waals surface area (Å²) in [6.45, 7) is 5.15. The number of urea groups is 1. The summed E-state index contributed by atoms with van der Waals surface area (Å²) in [5, 5.41) is 4.25. The molecule has 134 valence electrons. The topological polar surface area (TPSA) is 66.6 Å². The van der Waals surface area contributed by atoms with Crippen LogP contribution in [0.5, 0.6) is 0 Å². The number of hydrogen-bond acceptors (Lipinski definition) is 3. The van der Waals surface area contributed by atoms with Crippen LogP contribution in [0.2, 0.25) is 0 Å². The highest BCUT2D eigenvalue weighted by molar-refractivity contribution is 5.80. The van der Waals surface area contributed by atoms with Gasteiger partial charge in [0.15, 0.2) is 0 Å². The molecule has 2 aromatic rings. The number of ether oxygens (including phenoxy) is 2. The van der Waals surface area contributed by atoms with Gasteiger partial charge in [0.25, 0.3) is 0 Å². The van der Waals surface area contributed by atoms with Crippen molar-refractivity contribution < 1.29 is 14.3 Å². The molecule has 0 bridgehead atoms. The maximum atomic E-state index is 12.6. The van der Waals surface area contributed by atoms with Gasteiger partial charge in [-0.3, -0.25) is 0 Å². The van der Waals surface area contributed by atoms with E-state index in [9.17, 15) is 4.79 Å². The highest BCUT2D eigenvalue weighted by Gasteiger charge is 2.43. The number of hydrogen-bond donors (Lipinski definition) is 2. The molecule has 2 fully saturated rings. The smallest absolute Gasteiger partial charge is 0.317 e. The van der Waals surface area contributed by atoms with Crippen LogP contribution in [-0.4, -0.2) is 60.5 Å². The van der Waals surface area contributed by atoms with E-state index in [1.807, 2.05) is 24.0 Å². The molecule has 1 aromatic carbocycles. The van der Waals surface area contributed by atoms with Gasteiger partial charge in [-0.15, -0.1) is 0 Å². The second kappa shape index (κ2) is 6.69. The van der Waals surface area contributed by atoms with Gasteiger partial charge >= 0.3 is 6.03 Å². The molecule has 0 unspecified atom stereocenters. The number of fused-ring (bicyclic) bond motifs is 1. The first kappa shape index (κ1) is 16.4. The Morgan fingerprint density at radius 1 is 1.44 bits per heavy atom. The van der Waals surface area contributed by atoms with E-state index in [1.54, 1.807) is 0 Å². The quantitative estimate of drug-likeness (QED) is 0.899. The third-order valence-electron chi connectivity index (χ3n) is 5.02. The zero-order valence-corrected chi connectivity index (χ0v) is 14.6. The van der Waals surface area contributed by atoms with Crippen LogP contribution in [-0.2, 0) is 15.9 Å². The van der Waals surface area contributed by atoms with Crippen molar-refractivity contribution in [1.29, 1.82) is 0 Å². The Kier molecular flexibility index (Phi) is 4.39. The molecule has 2 amide bonds. The van der Waals surface area contributed by atoms with Gasteiger partial charge in [-0.1, -0.05) is 18.2 Å². The largest absolute Gasteiger partial charge is 0.378 e. The number of morpholine rings is 1. The van der Waals surface area contributed by atoms with Crippen LogP contribution in [0.3, 0.4) is 0 Å². The van der Waals surface area contributed by atoms with E-state index >= 15 is 0 Å². The van der Waals surface area contributed by atoms with Crippen molar-refractivity contribution in [3.63, 3.8) is 0 Å². The number of carbonyl (C=O) groups excluding carboxylic acids is 1. The monoisotopic (exact) mass is 343 g/mol. The van der Waals surface area contributed by atoms with Crippen molar-refractivity contribution in [2.75, 3.05) is 32.8 Å². The molecule has 6 heteroatoms. The summed E-state index contributed by atoms with van der Waals surface area (Å²) in [6.07, 6.45) is 1.68. The molecule has 0 saturated carbocycles. The summed E-state index contributed by atoms with van der Waals surface area (Å²) >= 11 is 0. The van der Waals surface area contributed by atoms with Gasteiger partial charge in [-0.05, 0) is 24.4 Å². The number of H-pyrrole nitrogens is 1. The highest BCUT2D eigenvalue weighted by atomic mass is 16.6. The van der Waals surface area contributed by atoms with Crippen LogP contribution >= 0.6 is 0 Å². The number of rotatable bonds is 3. The average molecular weight is 343 g/mol. The van der Waals surface area contributed by atoms with Crippen LogP contribution in [0.25, 0.3) is 10.9 Å². The van der Waals surface area contributed by atoms with E-state index in [0.29, 0.717) is 32.8 Å². The van der Waals surface area contributed by atoms with Crippen molar-refractivity contribution in [1.82, 2.24) is 15.2 Å². The van der Waals surface area contributed by atoms with Gasteiger partial charge in [0.2, 0.25) is 0 Å². The molecule has 2 atom stereocenters. The fourth-order valence-corrected chi connectivity index (χ4v) is 3.87. The normalized spacial score (nSPS) is 26.4. The number of para-hydroxylation sites is 1.